The average Bonchev–Trinajstić information content (AvgIpc) is 3.18. The summed E-state index contributed by atoms with van der Waals surface area (Å²) in [5.41, 5.74) is 0.465. The Morgan fingerprint density at radius 3 is 2.82 bits per heavy atom. The van der Waals surface area contributed by atoms with E-state index in [0.717, 1.165) is 6.61 Å². The van der Waals surface area contributed by atoms with Gasteiger partial charge in [-0.3, -0.25) is 4.79 Å². The van der Waals surface area contributed by atoms with E-state index in [1.165, 1.54) is 14.2 Å². The van der Waals surface area contributed by atoms with Crippen molar-refractivity contribution in [3.8, 4) is 11.5 Å². The number of carbonyl (C=O) groups excluding carboxylic acids is 1. The van der Waals surface area contributed by atoms with Crippen LogP contribution in [0.2, 0.25) is 0 Å². The third-order valence-electron chi connectivity index (χ3n) is 2.54. The topological polar surface area (TPSA) is 60.1 Å². The van der Waals surface area contributed by atoms with Gasteiger partial charge in [-0.1, -0.05) is 6.07 Å². The van der Waals surface area contributed by atoms with Crippen LogP contribution in [0.1, 0.15) is 10.4 Å². The molecule has 17 heavy (non-hydrogen) atoms. The van der Waals surface area contributed by atoms with Gasteiger partial charge in [-0.15, -0.1) is 0 Å². The number of hydrogen-bond donors (Lipinski definition) is 1. The first-order chi connectivity index (χ1) is 8.26. The highest BCUT2D eigenvalue weighted by molar-refractivity contribution is 5.97. The van der Waals surface area contributed by atoms with E-state index in [9.17, 15) is 4.79 Å². The molecule has 1 aliphatic heterocycles. The second-order valence-corrected chi connectivity index (χ2v) is 3.71. The molecule has 1 saturated heterocycles. The fraction of sp³-hybridized carbons (Fsp3) is 0.417. The zero-order valence-electron chi connectivity index (χ0n) is 9.86. The minimum Gasteiger partial charge on any atom is -0.493 e. The number of methoxy groups -OCH3 is 2. The zero-order chi connectivity index (χ0) is 12.3. The van der Waals surface area contributed by atoms with Crippen molar-refractivity contribution in [2.24, 2.45) is 0 Å². The van der Waals surface area contributed by atoms with Gasteiger partial charge >= 0.3 is 0 Å². The van der Waals surface area contributed by atoms with Crippen LogP contribution in [0.4, 0.5) is 0 Å². The van der Waals surface area contributed by atoms with Crippen molar-refractivity contribution in [1.82, 2.24) is 5.32 Å². The summed E-state index contributed by atoms with van der Waals surface area (Å²) in [6.07, 6.45) is 0.163. The molecule has 0 saturated carbocycles. The SMILES string of the molecule is COc1cccc(C(=O)NC[C@H]2CO2)c1OC. The summed E-state index contributed by atoms with van der Waals surface area (Å²) in [7, 11) is 3.05. The fourth-order valence-corrected chi connectivity index (χ4v) is 1.55. The van der Waals surface area contributed by atoms with Gasteiger partial charge in [0.15, 0.2) is 11.5 Å². The largest absolute Gasteiger partial charge is 0.493 e. The number of epoxide rings is 1. The van der Waals surface area contributed by atoms with Gasteiger partial charge < -0.3 is 19.5 Å². The first-order valence-corrected chi connectivity index (χ1v) is 5.37. The highest BCUT2D eigenvalue weighted by atomic mass is 16.6. The Hall–Kier alpha value is -1.75. The lowest BCUT2D eigenvalue weighted by molar-refractivity contribution is 0.0946. The number of amides is 1. The van der Waals surface area contributed by atoms with Crippen molar-refractivity contribution in [3.05, 3.63) is 23.8 Å². The van der Waals surface area contributed by atoms with E-state index in [4.69, 9.17) is 14.2 Å². The van der Waals surface area contributed by atoms with Gasteiger partial charge in [0.2, 0.25) is 0 Å². The molecule has 5 heteroatoms. The third kappa shape index (κ3) is 2.68. The van der Waals surface area contributed by atoms with Crippen LogP contribution in [0.15, 0.2) is 18.2 Å². The molecule has 0 aliphatic carbocycles. The molecule has 1 N–H and O–H groups in total. The van der Waals surface area contributed by atoms with Crippen molar-refractivity contribution >= 4 is 5.91 Å². The molecule has 1 aliphatic rings. The molecule has 1 atom stereocenters. The van der Waals surface area contributed by atoms with Crippen LogP contribution < -0.4 is 14.8 Å². The highest BCUT2D eigenvalue weighted by Crippen LogP contribution is 2.30. The lowest BCUT2D eigenvalue weighted by Crippen LogP contribution is -2.27. The minimum atomic E-state index is -0.184. The summed E-state index contributed by atoms with van der Waals surface area (Å²) in [6.45, 7) is 1.24. The van der Waals surface area contributed by atoms with E-state index < -0.39 is 0 Å². The Balaban J connectivity index is 2.14. The quantitative estimate of drug-likeness (QED) is 0.771. The van der Waals surface area contributed by atoms with Crippen LogP contribution in [0.5, 0.6) is 11.5 Å². The molecular formula is C12H15NO4. The van der Waals surface area contributed by atoms with Gasteiger partial charge in [0, 0.05) is 6.54 Å². The van der Waals surface area contributed by atoms with Crippen LogP contribution in [0.25, 0.3) is 0 Å². The van der Waals surface area contributed by atoms with Gasteiger partial charge in [0.1, 0.15) is 0 Å². The number of benzene rings is 1. The van der Waals surface area contributed by atoms with E-state index in [2.05, 4.69) is 5.32 Å². The summed E-state index contributed by atoms with van der Waals surface area (Å²) in [6, 6.07) is 5.20. The summed E-state index contributed by atoms with van der Waals surface area (Å²) in [5, 5.41) is 2.79. The fourth-order valence-electron chi connectivity index (χ4n) is 1.55. The standard InChI is InChI=1S/C12H15NO4/c1-15-10-5-3-4-9(11(10)16-2)12(14)13-6-8-7-17-8/h3-5,8H,6-7H2,1-2H3,(H,13,14)/t8-/m0/s1. The predicted molar refractivity (Wildman–Crippen MR) is 61.6 cm³/mol. The Morgan fingerprint density at radius 2 is 2.24 bits per heavy atom. The van der Waals surface area contributed by atoms with Crippen LogP contribution in [-0.2, 0) is 4.74 Å². The van der Waals surface area contributed by atoms with Gasteiger partial charge in [0.25, 0.3) is 5.91 Å². The smallest absolute Gasteiger partial charge is 0.255 e. The molecular weight excluding hydrogens is 222 g/mol. The van der Waals surface area contributed by atoms with Crippen LogP contribution in [-0.4, -0.2) is 39.4 Å². The molecule has 1 fully saturated rings. The molecule has 0 unspecified atom stereocenters. The maximum absolute atomic E-state index is 11.9. The molecule has 0 bridgehead atoms. The normalized spacial score (nSPS) is 17.4. The highest BCUT2D eigenvalue weighted by Gasteiger charge is 2.24. The Kier molecular flexibility index (Phi) is 3.49. The van der Waals surface area contributed by atoms with Gasteiger partial charge in [0.05, 0.1) is 32.5 Å². The number of carbonyl (C=O) groups is 1. The van der Waals surface area contributed by atoms with Crippen LogP contribution in [0, 0.1) is 0 Å². The molecule has 5 nitrogen and oxygen atoms in total. The maximum atomic E-state index is 11.9. The second-order valence-electron chi connectivity index (χ2n) is 3.71. The summed E-state index contributed by atoms with van der Waals surface area (Å²) in [4.78, 5) is 11.9. The predicted octanol–water partition coefficient (Wildman–Crippen LogP) is 0.832. The Bertz CT molecular complexity index is 415. The van der Waals surface area contributed by atoms with Crippen molar-refractivity contribution < 1.29 is 19.0 Å². The number of nitrogens with one attached hydrogen (secondary N) is 1. The minimum absolute atomic E-state index is 0.163. The molecule has 1 amide bonds. The lowest BCUT2D eigenvalue weighted by atomic mass is 10.1. The lowest BCUT2D eigenvalue weighted by Gasteiger charge is -2.12. The first kappa shape index (κ1) is 11.7. The van der Waals surface area contributed by atoms with Crippen molar-refractivity contribution in [2.75, 3.05) is 27.4 Å². The number of hydrogen-bond acceptors (Lipinski definition) is 4. The van der Waals surface area contributed by atoms with Gasteiger partial charge in [-0.25, -0.2) is 0 Å². The van der Waals surface area contributed by atoms with Gasteiger partial charge in [-0.2, -0.15) is 0 Å². The average molecular weight is 237 g/mol. The molecule has 2 rings (SSSR count). The van der Waals surface area contributed by atoms with Crippen molar-refractivity contribution in [1.29, 1.82) is 0 Å². The number of ether oxygens (including phenoxy) is 3. The third-order valence-corrected chi connectivity index (χ3v) is 2.54. The van der Waals surface area contributed by atoms with E-state index >= 15 is 0 Å². The van der Waals surface area contributed by atoms with Crippen LogP contribution >= 0.6 is 0 Å². The Morgan fingerprint density at radius 1 is 1.47 bits per heavy atom. The van der Waals surface area contributed by atoms with Crippen molar-refractivity contribution in [2.45, 2.75) is 6.10 Å². The molecule has 1 heterocycles. The summed E-state index contributed by atoms with van der Waals surface area (Å²) >= 11 is 0. The first-order valence-electron chi connectivity index (χ1n) is 5.37. The van der Waals surface area contributed by atoms with Crippen molar-refractivity contribution in [3.63, 3.8) is 0 Å². The molecule has 92 valence electrons. The molecule has 1 aromatic carbocycles. The van der Waals surface area contributed by atoms with Gasteiger partial charge in [-0.05, 0) is 12.1 Å². The Labute approximate surface area is 99.7 Å². The maximum Gasteiger partial charge on any atom is 0.255 e. The molecule has 1 aromatic rings. The van der Waals surface area contributed by atoms with E-state index in [-0.39, 0.29) is 12.0 Å². The van der Waals surface area contributed by atoms with E-state index in [1.54, 1.807) is 18.2 Å². The molecule has 0 radical (unpaired) electrons. The number of para-hydroxylation sites is 1. The number of rotatable bonds is 5. The summed E-state index contributed by atoms with van der Waals surface area (Å²) < 4.78 is 15.4. The molecule has 0 aromatic heterocycles. The monoisotopic (exact) mass is 237 g/mol. The molecule has 0 spiro atoms. The second kappa shape index (κ2) is 5.05. The van der Waals surface area contributed by atoms with E-state index in [0.29, 0.717) is 23.6 Å². The van der Waals surface area contributed by atoms with E-state index in [1.807, 2.05) is 0 Å². The zero-order valence-corrected chi connectivity index (χ0v) is 9.86. The summed E-state index contributed by atoms with van der Waals surface area (Å²) in [5.74, 6) is 0.809. The van der Waals surface area contributed by atoms with Crippen LogP contribution in [0.3, 0.4) is 0 Å².